The van der Waals surface area contributed by atoms with Gasteiger partial charge in [0.05, 0.1) is 17.9 Å². The van der Waals surface area contributed by atoms with Crippen LogP contribution in [-0.4, -0.2) is 21.6 Å². The molecular weight excluding hydrogens is 340 g/mol. The maximum absolute atomic E-state index is 12.5. The molecule has 1 aliphatic carbocycles. The number of nitrogens with one attached hydrogen (secondary N) is 1. The molecule has 3 aromatic rings. The first-order chi connectivity index (χ1) is 12.9. The SMILES string of the molecule is Cc1c(C(C)NC(=O)C2(C(N)=O)CC2)cnn1-c1cccc2ccccc12. The molecule has 1 atom stereocenters. The predicted molar refractivity (Wildman–Crippen MR) is 103 cm³/mol. The van der Waals surface area contributed by atoms with Crippen LogP contribution in [0.5, 0.6) is 0 Å². The first kappa shape index (κ1) is 17.3. The maximum Gasteiger partial charge on any atom is 0.236 e. The van der Waals surface area contributed by atoms with Gasteiger partial charge in [-0.25, -0.2) is 4.68 Å². The fourth-order valence-corrected chi connectivity index (χ4v) is 3.61. The van der Waals surface area contributed by atoms with E-state index in [1.54, 1.807) is 6.20 Å². The summed E-state index contributed by atoms with van der Waals surface area (Å²) in [6, 6.07) is 14.0. The molecule has 1 aromatic heterocycles. The first-order valence-electron chi connectivity index (χ1n) is 9.07. The molecule has 1 heterocycles. The third-order valence-corrected chi connectivity index (χ3v) is 5.51. The van der Waals surface area contributed by atoms with E-state index in [9.17, 15) is 9.59 Å². The fraction of sp³-hybridized carbons (Fsp3) is 0.286. The molecule has 1 saturated carbocycles. The minimum atomic E-state index is -1.02. The summed E-state index contributed by atoms with van der Waals surface area (Å²) in [7, 11) is 0. The largest absolute Gasteiger partial charge is 0.369 e. The van der Waals surface area contributed by atoms with Gasteiger partial charge in [0.1, 0.15) is 5.41 Å². The highest BCUT2D eigenvalue weighted by molar-refractivity contribution is 6.07. The smallest absolute Gasteiger partial charge is 0.236 e. The van der Waals surface area contributed by atoms with Gasteiger partial charge in [0.15, 0.2) is 0 Å². The van der Waals surface area contributed by atoms with Crippen molar-refractivity contribution in [3.05, 3.63) is 59.9 Å². The van der Waals surface area contributed by atoms with Crippen LogP contribution in [0, 0.1) is 12.3 Å². The van der Waals surface area contributed by atoms with Gasteiger partial charge in [0.2, 0.25) is 11.8 Å². The van der Waals surface area contributed by atoms with E-state index in [2.05, 4.69) is 28.6 Å². The van der Waals surface area contributed by atoms with Gasteiger partial charge < -0.3 is 11.1 Å². The number of fused-ring (bicyclic) bond motifs is 1. The molecule has 138 valence electrons. The lowest BCUT2D eigenvalue weighted by molar-refractivity contribution is -0.135. The van der Waals surface area contributed by atoms with Crippen LogP contribution in [0.15, 0.2) is 48.7 Å². The summed E-state index contributed by atoms with van der Waals surface area (Å²) in [5.41, 5.74) is 7.23. The monoisotopic (exact) mass is 362 g/mol. The third-order valence-electron chi connectivity index (χ3n) is 5.51. The highest BCUT2D eigenvalue weighted by Crippen LogP contribution is 2.46. The van der Waals surface area contributed by atoms with E-state index in [0.717, 1.165) is 27.7 Å². The number of nitrogens with zero attached hydrogens (tertiary/aromatic N) is 2. The van der Waals surface area contributed by atoms with Crippen LogP contribution in [0.25, 0.3) is 16.5 Å². The number of aromatic nitrogens is 2. The molecule has 6 nitrogen and oxygen atoms in total. The summed E-state index contributed by atoms with van der Waals surface area (Å²) >= 11 is 0. The molecule has 1 fully saturated rings. The number of amides is 2. The van der Waals surface area contributed by atoms with Crippen molar-refractivity contribution in [3.63, 3.8) is 0 Å². The van der Waals surface area contributed by atoms with Crippen molar-refractivity contribution >= 4 is 22.6 Å². The second kappa shape index (κ2) is 6.23. The number of hydrogen-bond donors (Lipinski definition) is 2. The predicted octanol–water partition coefficient (Wildman–Crippen LogP) is 2.78. The molecule has 0 spiro atoms. The summed E-state index contributed by atoms with van der Waals surface area (Å²) in [4.78, 5) is 24.0. The lowest BCUT2D eigenvalue weighted by Crippen LogP contribution is -2.41. The lowest BCUT2D eigenvalue weighted by Gasteiger charge is -2.18. The van der Waals surface area contributed by atoms with Gasteiger partial charge in [-0.3, -0.25) is 9.59 Å². The quantitative estimate of drug-likeness (QED) is 0.684. The van der Waals surface area contributed by atoms with E-state index < -0.39 is 11.3 Å². The normalized spacial score (nSPS) is 16.1. The summed E-state index contributed by atoms with van der Waals surface area (Å²) in [6.07, 6.45) is 2.82. The Kier molecular flexibility index (Phi) is 3.98. The van der Waals surface area contributed by atoms with Crippen molar-refractivity contribution in [2.24, 2.45) is 11.1 Å². The van der Waals surface area contributed by atoms with Crippen LogP contribution in [-0.2, 0) is 9.59 Å². The molecule has 0 radical (unpaired) electrons. The Morgan fingerprint density at radius 1 is 1.19 bits per heavy atom. The van der Waals surface area contributed by atoms with Crippen molar-refractivity contribution < 1.29 is 9.59 Å². The Hall–Kier alpha value is -3.15. The minimum Gasteiger partial charge on any atom is -0.369 e. The summed E-state index contributed by atoms with van der Waals surface area (Å²) in [5.74, 6) is -0.838. The van der Waals surface area contributed by atoms with Crippen LogP contribution in [0.1, 0.15) is 37.1 Å². The fourth-order valence-electron chi connectivity index (χ4n) is 3.61. The first-order valence-corrected chi connectivity index (χ1v) is 9.07. The molecular formula is C21H22N4O2. The van der Waals surface area contributed by atoms with Crippen LogP contribution in [0.3, 0.4) is 0 Å². The zero-order valence-electron chi connectivity index (χ0n) is 15.4. The maximum atomic E-state index is 12.5. The Bertz CT molecular complexity index is 1040. The van der Waals surface area contributed by atoms with Gasteiger partial charge >= 0.3 is 0 Å². The lowest BCUT2D eigenvalue weighted by atomic mass is 10.0. The van der Waals surface area contributed by atoms with Crippen LogP contribution in [0.4, 0.5) is 0 Å². The van der Waals surface area contributed by atoms with E-state index in [1.165, 1.54) is 0 Å². The third kappa shape index (κ3) is 2.77. The van der Waals surface area contributed by atoms with Crippen molar-refractivity contribution in [2.45, 2.75) is 32.7 Å². The van der Waals surface area contributed by atoms with Crippen LogP contribution in [0.2, 0.25) is 0 Å². The highest BCUT2D eigenvalue weighted by Gasteiger charge is 2.55. The van der Waals surface area contributed by atoms with Gasteiger partial charge in [-0.05, 0) is 38.1 Å². The average molecular weight is 362 g/mol. The minimum absolute atomic E-state index is 0.266. The van der Waals surface area contributed by atoms with Gasteiger partial charge in [0.25, 0.3) is 0 Å². The molecule has 1 aliphatic rings. The van der Waals surface area contributed by atoms with Crippen LogP contribution < -0.4 is 11.1 Å². The topological polar surface area (TPSA) is 90.0 Å². The number of carbonyl (C=O) groups is 2. The van der Waals surface area contributed by atoms with E-state index in [-0.39, 0.29) is 11.9 Å². The zero-order valence-corrected chi connectivity index (χ0v) is 15.4. The summed E-state index contributed by atoms with van der Waals surface area (Å²) in [6.45, 7) is 3.88. The molecule has 0 bridgehead atoms. The van der Waals surface area contributed by atoms with E-state index in [4.69, 9.17) is 5.73 Å². The molecule has 27 heavy (non-hydrogen) atoms. The number of hydrogen-bond acceptors (Lipinski definition) is 3. The zero-order chi connectivity index (χ0) is 19.2. The van der Waals surface area contributed by atoms with Crippen LogP contribution >= 0.6 is 0 Å². The van der Waals surface area contributed by atoms with Crippen molar-refractivity contribution in [2.75, 3.05) is 0 Å². The number of rotatable bonds is 5. The molecule has 0 saturated heterocycles. The second-order valence-electron chi connectivity index (χ2n) is 7.24. The molecule has 2 amide bonds. The van der Waals surface area contributed by atoms with E-state index in [1.807, 2.05) is 42.8 Å². The van der Waals surface area contributed by atoms with Crippen molar-refractivity contribution in [1.82, 2.24) is 15.1 Å². The Labute approximate surface area is 157 Å². The highest BCUT2D eigenvalue weighted by atomic mass is 16.2. The summed E-state index contributed by atoms with van der Waals surface area (Å²) < 4.78 is 1.89. The van der Waals surface area contributed by atoms with E-state index >= 15 is 0 Å². The number of nitrogens with two attached hydrogens (primary N) is 1. The molecule has 3 N–H and O–H groups in total. The molecule has 1 unspecified atom stereocenters. The van der Waals surface area contributed by atoms with Gasteiger partial charge in [-0.1, -0.05) is 36.4 Å². The van der Waals surface area contributed by atoms with Gasteiger partial charge in [-0.15, -0.1) is 0 Å². The van der Waals surface area contributed by atoms with E-state index in [0.29, 0.717) is 12.8 Å². The Morgan fingerprint density at radius 2 is 1.89 bits per heavy atom. The van der Waals surface area contributed by atoms with Gasteiger partial charge in [0, 0.05) is 16.6 Å². The molecule has 4 rings (SSSR count). The molecule has 0 aliphatic heterocycles. The van der Waals surface area contributed by atoms with Crippen molar-refractivity contribution in [3.8, 4) is 5.69 Å². The number of carbonyl (C=O) groups excluding carboxylic acids is 2. The molecule has 2 aromatic carbocycles. The Morgan fingerprint density at radius 3 is 2.59 bits per heavy atom. The molecule has 6 heteroatoms. The van der Waals surface area contributed by atoms with Crippen molar-refractivity contribution in [1.29, 1.82) is 0 Å². The standard InChI is InChI=1S/C21H22N4O2/c1-13(24-20(27)21(10-11-21)19(22)26)17-12-23-25(14(17)2)18-9-5-7-15-6-3-4-8-16(15)18/h3-9,12-13H,10-11H2,1-2H3,(H2,22,26)(H,24,27). The average Bonchev–Trinajstić information content (AvgIpc) is 3.39. The second-order valence-corrected chi connectivity index (χ2v) is 7.24. The Balaban J connectivity index is 1.64. The number of primary amides is 1. The summed E-state index contributed by atoms with van der Waals surface area (Å²) in [5, 5.41) is 9.74. The van der Waals surface area contributed by atoms with Gasteiger partial charge in [-0.2, -0.15) is 5.10 Å². The number of benzene rings is 2.